The lowest BCUT2D eigenvalue weighted by Crippen LogP contribution is -2.53. The number of benzene rings is 1. The Balaban J connectivity index is 1.12. The lowest BCUT2D eigenvalue weighted by molar-refractivity contribution is 0.0891. The molecule has 0 spiro atoms. The van der Waals surface area contributed by atoms with Crippen molar-refractivity contribution in [3.63, 3.8) is 0 Å². The van der Waals surface area contributed by atoms with E-state index in [1.807, 2.05) is 31.3 Å². The maximum Gasteiger partial charge on any atom is 0.253 e. The monoisotopic (exact) mass is 641 g/mol. The molecule has 0 aliphatic carbocycles. The zero-order chi connectivity index (χ0) is 32.3. The summed E-state index contributed by atoms with van der Waals surface area (Å²) in [6.07, 6.45) is 8.39. The van der Waals surface area contributed by atoms with E-state index in [1.54, 1.807) is 29.2 Å². The number of amides is 1. The summed E-state index contributed by atoms with van der Waals surface area (Å²) >= 11 is 6.34. The van der Waals surface area contributed by atoms with Crippen molar-refractivity contribution in [2.75, 3.05) is 63.9 Å². The number of pyridine rings is 1. The van der Waals surface area contributed by atoms with Gasteiger partial charge in [0.05, 0.1) is 52.1 Å². The summed E-state index contributed by atoms with van der Waals surface area (Å²) in [7, 11) is 0. The predicted octanol–water partition coefficient (Wildman–Crippen LogP) is 4.43. The van der Waals surface area contributed by atoms with Gasteiger partial charge in [0.2, 0.25) is 0 Å². The first-order chi connectivity index (χ1) is 22.3. The van der Waals surface area contributed by atoms with Gasteiger partial charge >= 0.3 is 0 Å². The summed E-state index contributed by atoms with van der Waals surface area (Å²) in [4.78, 5) is 29.7. The third-order valence-electron chi connectivity index (χ3n) is 9.26. The second-order valence-corrected chi connectivity index (χ2v) is 12.8. The Morgan fingerprint density at radius 3 is 2.52 bits per heavy atom. The number of piperidine rings is 1. The quantitative estimate of drug-likeness (QED) is 0.283. The largest absolute Gasteiger partial charge is 0.491 e. The minimum absolute atomic E-state index is 0.146. The van der Waals surface area contributed by atoms with E-state index < -0.39 is 0 Å². The van der Waals surface area contributed by atoms with Gasteiger partial charge in [-0.05, 0) is 50.9 Å². The standard InChI is InChI=1S/C34H40ClN9O2/c1-4-41-12-14-42(15-13-41)16-17-46-26-18-27(32-25(19-36)20-39-44(32)23-26)29-21-38-30(22-37-29)43-10-8-34(3,9-11-43)40-33(45)31-24(2)6-5-7-28(31)35/h5-7,18,20-23H,4,8-17H2,1-3H3,(H,40,45). The molecule has 12 heteroatoms. The Bertz CT molecular complexity index is 1710. The number of rotatable bonds is 9. The number of nitrogens with one attached hydrogen (secondary N) is 1. The normalized spacial score (nSPS) is 17.2. The Hall–Kier alpha value is -4.24. The zero-order valence-electron chi connectivity index (χ0n) is 26.7. The fourth-order valence-electron chi connectivity index (χ4n) is 6.31. The van der Waals surface area contributed by atoms with Crippen molar-refractivity contribution in [2.24, 2.45) is 0 Å². The Morgan fingerprint density at radius 1 is 1.09 bits per heavy atom. The van der Waals surface area contributed by atoms with E-state index in [1.165, 1.54) is 0 Å². The second-order valence-electron chi connectivity index (χ2n) is 12.4. The van der Waals surface area contributed by atoms with Crippen LogP contribution in [0.4, 0.5) is 5.82 Å². The highest BCUT2D eigenvalue weighted by molar-refractivity contribution is 6.34. The molecule has 0 saturated carbocycles. The average Bonchev–Trinajstić information content (AvgIpc) is 3.48. The van der Waals surface area contributed by atoms with Crippen LogP contribution in [0, 0.1) is 18.3 Å². The smallest absolute Gasteiger partial charge is 0.253 e. The average molecular weight is 642 g/mol. The van der Waals surface area contributed by atoms with E-state index in [0.29, 0.717) is 52.8 Å². The highest BCUT2D eigenvalue weighted by atomic mass is 35.5. The number of halogens is 1. The molecule has 2 aliphatic rings. The van der Waals surface area contributed by atoms with Crippen molar-refractivity contribution in [3.05, 3.63) is 70.8 Å². The molecule has 2 fully saturated rings. The Labute approximate surface area is 274 Å². The first-order valence-electron chi connectivity index (χ1n) is 15.9. The number of aryl methyl sites for hydroxylation is 1. The molecule has 1 aromatic carbocycles. The van der Waals surface area contributed by atoms with E-state index in [4.69, 9.17) is 26.3 Å². The number of hydrogen-bond acceptors (Lipinski definition) is 9. The van der Waals surface area contributed by atoms with E-state index in [9.17, 15) is 10.1 Å². The first-order valence-corrected chi connectivity index (χ1v) is 16.3. The Kier molecular flexibility index (Phi) is 9.40. The summed E-state index contributed by atoms with van der Waals surface area (Å²) in [6, 6.07) is 9.66. The third kappa shape index (κ3) is 6.79. The van der Waals surface area contributed by atoms with Crippen LogP contribution >= 0.6 is 11.6 Å². The van der Waals surface area contributed by atoms with E-state index >= 15 is 0 Å². The summed E-state index contributed by atoms with van der Waals surface area (Å²) in [5, 5.41) is 17.9. The summed E-state index contributed by atoms with van der Waals surface area (Å²) in [5.41, 5.74) is 3.53. The second kappa shape index (κ2) is 13.6. The van der Waals surface area contributed by atoms with Gasteiger partial charge < -0.3 is 19.9 Å². The number of ether oxygens (including phenoxy) is 1. The van der Waals surface area contributed by atoms with Gasteiger partial charge in [-0.25, -0.2) is 9.50 Å². The number of carbonyl (C=O) groups excluding carboxylic acids is 1. The van der Waals surface area contributed by atoms with Gasteiger partial charge in [0.15, 0.2) is 0 Å². The van der Waals surface area contributed by atoms with Gasteiger partial charge in [-0.3, -0.25) is 14.7 Å². The number of carbonyl (C=O) groups is 1. The van der Waals surface area contributed by atoms with Crippen LogP contribution in [-0.4, -0.2) is 99.8 Å². The van der Waals surface area contributed by atoms with Crippen LogP contribution in [-0.2, 0) is 0 Å². The van der Waals surface area contributed by atoms with Crippen molar-refractivity contribution in [2.45, 2.75) is 39.2 Å². The maximum atomic E-state index is 13.1. The van der Waals surface area contributed by atoms with Gasteiger partial charge in [-0.2, -0.15) is 10.4 Å². The van der Waals surface area contributed by atoms with Crippen molar-refractivity contribution in [1.82, 2.24) is 34.7 Å². The topological polar surface area (TPSA) is 115 Å². The van der Waals surface area contributed by atoms with Crippen LogP contribution in [0.25, 0.3) is 16.8 Å². The molecule has 2 saturated heterocycles. The van der Waals surface area contributed by atoms with E-state index in [0.717, 1.165) is 69.1 Å². The van der Waals surface area contributed by atoms with E-state index in [-0.39, 0.29) is 11.4 Å². The molecule has 11 nitrogen and oxygen atoms in total. The maximum absolute atomic E-state index is 13.1. The molecule has 46 heavy (non-hydrogen) atoms. The molecule has 2 aliphatic heterocycles. The summed E-state index contributed by atoms with van der Waals surface area (Å²) in [5.74, 6) is 1.28. The molecule has 1 amide bonds. The predicted molar refractivity (Wildman–Crippen MR) is 178 cm³/mol. The highest BCUT2D eigenvalue weighted by Crippen LogP contribution is 2.31. The number of aromatic nitrogens is 4. The van der Waals surface area contributed by atoms with Crippen molar-refractivity contribution < 1.29 is 9.53 Å². The minimum atomic E-state index is -0.363. The van der Waals surface area contributed by atoms with Crippen LogP contribution in [0.15, 0.2) is 49.1 Å². The van der Waals surface area contributed by atoms with Gasteiger partial charge in [-0.1, -0.05) is 30.7 Å². The van der Waals surface area contributed by atoms with Crippen molar-refractivity contribution >= 4 is 28.8 Å². The molecule has 0 atom stereocenters. The fourth-order valence-corrected chi connectivity index (χ4v) is 6.62. The van der Waals surface area contributed by atoms with Gasteiger partial charge in [0.25, 0.3) is 5.91 Å². The number of anilines is 1. The van der Waals surface area contributed by atoms with Crippen LogP contribution < -0.4 is 15.0 Å². The molecule has 0 radical (unpaired) electrons. The molecule has 6 rings (SSSR count). The zero-order valence-corrected chi connectivity index (χ0v) is 27.4. The van der Waals surface area contributed by atoms with E-state index in [2.05, 4.69) is 45.0 Å². The molecular weight excluding hydrogens is 602 g/mol. The number of likely N-dealkylation sites (N-methyl/N-ethyl adjacent to an activating group) is 1. The number of nitriles is 1. The number of nitrogens with zero attached hydrogens (tertiary/aromatic N) is 8. The first kappa shape index (κ1) is 31.7. The molecule has 3 aromatic heterocycles. The number of hydrogen-bond donors (Lipinski definition) is 1. The molecule has 240 valence electrons. The number of piperazine rings is 1. The molecular formula is C34H40ClN9O2. The lowest BCUT2D eigenvalue weighted by Gasteiger charge is -2.40. The van der Waals surface area contributed by atoms with Crippen molar-refractivity contribution in [3.8, 4) is 23.1 Å². The highest BCUT2D eigenvalue weighted by Gasteiger charge is 2.33. The molecule has 4 aromatic rings. The number of fused-ring (bicyclic) bond motifs is 1. The third-order valence-corrected chi connectivity index (χ3v) is 9.58. The molecule has 0 bridgehead atoms. The SMILES string of the molecule is CCN1CCN(CCOc2cc(-c3cnc(N4CCC(C)(NC(=O)c5c(C)cccc5Cl)CC4)cn3)c3c(C#N)cnn3c2)CC1. The van der Waals surface area contributed by atoms with Crippen LogP contribution in [0.1, 0.15) is 48.2 Å². The van der Waals surface area contributed by atoms with Crippen molar-refractivity contribution in [1.29, 1.82) is 5.26 Å². The minimum Gasteiger partial charge on any atom is -0.491 e. The molecule has 5 heterocycles. The van der Waals surface area contributed by atoms with Gasteiger partial charge in [0.1, 0.15) is 24.2 Å². The Morgan fingerprint density at radius 2 is 1.85 bits per heavy atom. The van der Waals surface area contributed by atoms with Gasteiger partial charge in [-0.15, -0.1) is 0 Å². The van der Waals surface area contributed by atoms with Crippen LogP contribution in [0.3, 0.4) is 0 Å². The molecule has 0 unspecified atom stereocenters. The molecule has 1 N–H and O–H groups in total. The lowest BCUT2D eigenvalue weighted by atomic mass is 9.89. The van der Waals surface area contributed by atoms with Crippen LogP contribution in [0.2, 0.25) is 5.02 Å². The summed E-state index contributed by atoms with van der Waals surface area (Å²) in [6.45, 7) is 14.4. The fraction of sp³-hybridized carbons (Fsp3) is 0.441. The summed E-state index contributed by atoms with van der Waals surface area (Å²) < 4.78 is 7.87. The van der Waals surface area contributed by atoms with Crippen LogP contribution in [0.5, 0.6) is 5.75 Å². The van der Waals surface area contributed by atoms with Gasteiger partial charge in [0, 0.05) is 56.9 Å².